The lowest BCUT2D eigenvalue weighted by atomic mass is 9.93. The number of hydrogen-bond donors (Lipinski definition) is 2. The van der Waals surface area contributed by atoms with Gasteiger partial charge in [-0.25, -0.2) is 9.59 Å². The maximum atomic E-state index is 13.3. The summed E-state index contributed by atoms with van der Waals surface area (Å²) in [5, 5.41) is 2.62. The number of rotatable bonds is 12. The number of fused-ring (bicyclic) bond motifs is 1. The number of alkyl carbamates (subject to hydrolysis) is 1. The van der Waals surface area contributed by atoms with E-state index in [4.69, 9.17) is 83.8 Å². The van der Waals surface area contributed by atoms with E-state index in [-0.39, 0.29) is 12.0 Å². The van der Waals surface area contributed by atoms with Crippen molar-refractivity contribution >= 4 is 123 Å². The Balaban J connectivity index is 2.39. The van der Waals surface area contributed by atoms with Crippen LogP contribution in [0.4, 0.5) is 4.79 Å². The summed E-state index contributed by atoms with van der Waals surface area (Å²) in [6.07, 6.45) is -1.34. The Morgan fingerprint density at radius 3 is 2.07 bits per heavy atom. The fraction of sp³-hybridized carbons (Fsp3) is 0.609. The van der Waals surface area contributed by atoms with E-state index < -0.39 is 104 Å². The molecule has 2 N–H and O–H groups in total. The van der Waals surface area contributed by atoms with Gasteiger partial charge in [-0.05, 0) is 13.3 Å². The van der Waals surface area contributed by atoms with Gasteiger partial charge in [0.05, 0.1) is 7.11 Å². The van der Waals surface area contributed by atoms with Crippen LogP contribution >= 0.6 is 81.4 Å². The van der Waals surface area contributed by atoms with Crippen LogP contribution in [-0.2, 0) is 47.7 Å². The van der Waals surface area contributed by atoms with Crippen molar-refractivity contribution in [2.24, 2.45) is 5.92 Å². The van der Waals surface area contributed by atoms with Gasteiger partial charge in [0.2, 0.25) is 13.5 Å². The van der Waals surface area contributed by atoms with E-state index in [9.17, 15) is 33.6 Å². The minimum Gasteiger partial charge on any atom is -0.468 e. The quantitative estimate of drug-likeness (QED) is 0.0975. The third-order valence-electron chi connectivity index (χ3n) is 5.77. The molecule has 44 heavy (non-hydrogen) atoms. The van der Waals surface area contributed by atoms with Crippen LogP contribution < -0.4 is 10.6 Å². The maximum Gasteiger partial charge on any atom is 0.407 e. The second kappa shape index (κ2) is 16.1. The van der Waals surface area contributed by atoms with Gasteiger partial charge in [0.15, 0.2) is 0 Å². The van der Waals surface area contributed by atoms with Crippen molar-refractivity contribution in [3.05, 3.63) is 11.3 Å². The van der Waals surface area contributed by atoms with Crippen molar-refractivity contribution in [1.29, 1.82) is 0 Å². The van der Waals surface area contributed by atoms with Gasteiger partial charge in [0, 0.05) is 17.7 Å². The van der Waals surface area contributed by atoms with E-state index in [1.54, 1.807) is 0 Å². The van der Waals surface area contributed by atoms with Crippen LogP contribution in [0.1, 0.15) is 20.3 Å². The first-order chi connectivity index (χ1) is 20.3. The molecule has 3 unspecified atom stereocenters. The Bertz CT molecular complexity index is 1220. The average Bonchev–Trinajstić information content (AvgIpc) is 2.92. The first-order valence-electron chi connectivity index (χ1n) is 12.2. The molecule has 246 valence electrons. The zero-order valence-corrected chi connectivity index (χ0v) is 28.3. The number of carbonyl (C=O) groups is 7. The van der Waals surface area contributed by atoms with Gasteiger partial charge in [-0.3, -0.25) is 28.9 Å². The molecule has 0 bridgehead atoms. The van der Waals surface area contributed by atoms with E-state index in [2.05, 4.69) is 15.4 Å². The molecular weight excluding hydrogens is 739 g/mol. The maximum absolute atomic E-state index is 13.3. The third kappa shape index (κ3) is 11.2. The second-order valence-electron chi connectivity index (χ2n) is 9.08. The summed E-state index contributed by atoms with van der Waals surface area (Å²) in [6.45, 7) is -0.260. The standard InChI is InChI=1S/C23H25Cl6N3O11S/c1-9(33)11(19(37)40-3)4-13-12(6-41-10(2)34)16(20(38)42-7-22(24,25)26)32-17(36)15(18(32)44-13)31-14(35)5-30-21(39)43-8-23(27,28)29/h11,13,15,18H,4-8H2,1-3H3,(H,30,39)(H,31,35)/t11?,13?,15?,18-/m0/s1. The minimum atomic E-state index is -2.03. The van der Waals surface area contributed by atoms with Gasteiger partial charge in [-0.2, -0.15) is 0 Å². The summed E-state index contributed by atoms with van der Waals surface area (Å²) in [5.74, 6) is -6.25. The smallest absolute Gasteiger partial charge is 0.407 e. The fourth-order valence-corrected chi connectivity index (χ4v) is 5.86. The molecule has 2 aliphatic heterocycles. The van der Waals surface area contributed by atoms with Gasteiger partial charge >= 0.3 is 24.0 Å². The number of amides is 3. The van der Waals surface area contributed by atoms with Crippen LogP contribution in [0, 0.1) is 5.92 Å². The molecule has 2 heterocycles. The van der Waals surface area contributed by atoms with Crippen LogP contribution in [0.2, 0.25) is 0 Å². The van der Waals surface area contributed by atoms with Crippen molar-refractivity contribution in [2.45, 2.75) is 44.5 Å². The number of nitrogens with zero attached hydrogens (tertiary/aromatic N) is 1. The van der Waals surface area contributed by atoms with E-state index >= 15 is 0 Å². The lowest BCUT2D eigenvalue weighted by Crippen LogP contribution is -2.71. The Hall–Kier alpha value is -1.88. The zero-order valence-electron chi connectivity index (χ0n) is 23.0. The van der Waals surface area contributed by atoms with Crippen molar-refractivity contribution in [3.63, 3.8) is 0 Å². The minimum absolute atomic E-state index is 0.0161. The number of esters is 3. The number of β-lactam (4-membered cyclic amide) rings is 1. The molecule has 0 aromatic carbocycles. The molecule has 1 saturated heterocycles. The molecule has 0 spiro atoms. The molecule has 3 amide bonds. The van der Waals surface area contributed by atoms with Gasteiger partial charge in [0.25, 0.3) is 5.91 Å². The van der Waals surface area contributed by atoms with Gasteiger partial charge in [0.1, 0.15) is 55.2 Å². The van der Waals surface area contributed by atoms with E-state index in [1.807, 2.05) is 0 Å². The molecule has 0 saturated carbocycles. The predicted octanol–water partition coefficient (Wildman–Crippen LogP) is 2.35. The van der Waals surface area contributed by atoms with Gasteiger partial charge in [-0.1, -0.05) is 69.6 Å². The van der Waals surface area contributed by atoms with Crippen molar-refractivity contribution in [3.8, 4) is 0 Å². The molecule has 0 aromatic heterocycles. The SMILES string of the molecule is COC(=O)C(CC1S[C@H]2C(NC(=O)CNC(=O)OCC(Cl)(Cl)Cl)C(=O)N2C(C(=O)OCC(Cl)(Cl)Cl)=C1COC(C)=O)C(C)=O. The first kappa shape index (κ1) is 38.3. The van der Waals surface area contributed by atoms with Crippen molar-refractivity contribution in [2.75, 3.05) is 33.5 Å². The molecule has 14 nitrogen and oxygen atoms in total. The Morgan fingerprint density at radius 1 is 0.955 bits per heavy atom. The molecule has 0 aliphatic carbocycles. The number of alkyl halides is 6. The number of Topliss-reactive ketones (excluding diaryl/α,β-unsaturated/α-hetero) is 1. The molecule has 1 fully saturated rings. The van der Waals surface area contributed by atoms with Crippen LogP contribution in [0.5, 0.6) is 0 Å². The first-order valence-corrected chi connectivity index (χ1v) is 15.4. The van der Waals surface area contributed by atoms with Crippen molar-refractivity contribution in [1.82, 2.24) is 15.5 Å². The molecule has 2 aliphatic rings. The lowest BCUT2D eigenvalue weighted by Gasteiger charge is -2.51. The van der Waals surface area contributed by atoms with Crippen LogP contribution in [0.15, 0.2) is 11.3 Å². The third-order valence-corrected chi connectivity index (χ3v) is 8.00. The lowest BCUT2D eigenvalue weighted by molar-refractivity contribution is -0.153. The summed E-state index contributed by atoms with van der Waals surface area (Å²) in [5.41, 5.74) is -0.382. The Labute approximate surface area is 284 Å². The molecule has 4 atom stereocenters. The van der Waals surface area contributed by atoms with Gasteiger partial charge < -0.3 is 29.6 Å². The number of ether oxygens (including phenoxy) is 4. The van der Waals surface area contributed by atoms with Crippen molar-refractivity contribution < 1.29 is 52.5 Å². The highest BCUT2D eigenvalue weighted by Gasteiger charge is 2.57. The Morgan fingerprint density at radius 2 is 1.55 bits per heavy atom. The summed E-state index contributed by atoms with van der Waals surface area (Å²) in [6, 6.07) is -1.26. The number of hydrogen-bond acceptors (Lipinski definition) is 12. The molecular formula is C23H25Cl6N3O11S. The number of thioether (sulfide) groups is 1. The average molecular weight is 764 g/mol. The Kier molecular flexibility index (Phi) is 14.0. The van der Waals surface area contributed by atoms with E-state index in [0.717, 1.165) is 37.6 Å². The highest BCUT2D eigenvalue weighted by atomic mass is 35.6. The van der Waals surface area contributed by atoms with Crippen LogP contribution in [0.25, 0.3) is 0 Å². The highest BCUT2D eigenvalue weighted by molar-refractivity contribution is 8.00. The molecule has 0 aromatic rings. The van der Waals surface area contributed by atoms with Crippen LogP contribution in [-0.4, -0.2) is 104 Å². The number of halogens is 6. The summed E-state index contributed by atoms with van der Waals surface area (Å²) < 4.78 is 15.7. The number of nitrogens with one attached hydrogen (secondary N) is 2. The second-order valence-corrected chi connectivity index (χ2v) is 15.4. The predicted molar refractivity (Wildman–Crippen MR) is 159 cm³/mol. The summed E-state index contributed by atoms with van der Waals surface area (Å²) in [7, 11) is 1.08. The summed E-state index contributed by atoms with van der Waals surface area (Å²) in [4.78, 5) is 88.3. The largest absolute Gasteiger partial charge is 0.468 e. The number of methoxy groups -OCH3 is 1. The molecule has 21 heteroatoms. The van der Waals surface area contributed by atoms with Crippen LogP contribution in [0.3, 0.4) is 0 Å². The normalized spacial score (nSPS) is 20.4. The number of ketones is 1. The monoisotopic (exact) mass is 761 g/mol. The molecule has 2 rings (SSSR count). The molecule has 0 radical (unpaired) electrons. The van der Waals surface area contributed by atoms with E-state index in [1.165, 1.54) is 0 Å². The highest BCUT2D eigenvalue weighted by Crippen LogP contribution is 2.47. The zero-order chi connectivity index (χ0) is 33.6. The fourth-order valence-electron chi connectivity index (χ4n) is 3.88. The number of carbonyl (C=O) groups excluding carboxylic acids is 7. The van der Waals surface area contributed by atoms with E-state index in [0.29, 0.717) is 0 Å². The summed E-state index contributed by atoms with van der Waals surface area (Å²) >= 11 is 34.6. The van der Waals surface area contributed by atoms with Gasteiger partial charge in [-0.15, -0.1) is 11.8 Å². The topological polar surface area (TPSA) is 184 Å².